The molecular formula is C27H25ClFN5O. The van der Waals surface area contributed by atoms with E-state index in [4.69, 9.17) is 16.3 Å². The van der Waals surface area contributed by atoms with Crippen molar-refractivity contribution in [3.05, 3.63) is 112 Å². The summed E-state index contributed by atoms with van der Waals surface area (Å²) in [5.74, 6) is 1.35. The molecule has 2 heterocycles. The van der Waals surface area contributed by atoms with Gasteiger partial charge in [0.25, 0.3) is 0 Å². The summed E-state index contributed by atoms with van der Waals surface area (Å²) in [6, 6.07) is 22.3. The van der Waals surface area contributed by atoms with Gasteiger partial charge in [-0.1, -0.05) is 54.1 Å². The van der Waals surface area contributed by atoms with Crippen LogP contribution in [-0.2, 0) is 6.54 Å². The van der Waals surface area contributed by atoms with Crippen LogP contribution in [0.4, 0.5) is 4.39 Å². The monoisotopic (exact) mass is 489 g/mol. The minimum Gasteiger partial charge on any atom is -0.497 e. The molecule has 1 atom stereocenters. The van der Waals surface area contributed by atoms with Crippen LogP contribution >= 0.6 is 11.6 Å². The molecule has 1 aliphatic rings. The first-order valence-corrected chi connectivity index (χ1v) is 11.8. The zero-order chi connectivity index (χ0) is 24.2. The molecule has 0 bridgehead atoms. The summed E-state index contributed by atoms with van der Waals surface area (Å²) in [5, 5.41) is 13.5. The standard InChI is InChI=1S/C27H25ClFN5O/c1-35-25-12-2-19(3-13-25)18-34-27(30-31-32-34)26(22-4-8-23(28)9-5-22)33-16-14-21(15-17-33)20-6-10-24(29)11-7-20/h2-14,26H,15-18H2,1H3. The van der Waals surface area contributed by atoms with Gasteiger partial charge >= 0.3 is 0 Å². The molecule has 4 aromatic rings. The van der Waals surface area contributed by atoms with Crippen molar-refractivity contribution >= 4 is 17.2 Å². The summed E-state index contributed by atoms with van der Waals surface area (Å²) in [6.45, 7) is 2.07. The van der Waals surface area contributed by atoms with Crippen LogP contribution in [-0.4, -0.2) is 45.3 Å². The molecule has 1 unspecified atom stereocenters. The first-order valence-electron chi connectivity index (χ1n) is 11.4. The Morgan fingerprint density at radius 1 is 1.00 bits per heavy atom. The van der Waals surface area contributed by atoms with Crippen molar-refractivity contribution in [3.63, 3.8) is 0 Å². The average Bonchev–Trinajstić information content (AvgIpc) is 3.34. The molecule has 35 heavy (non-hydrogen) atoms. The van der Waals surface area contributed by atoms with Crippen molar-refractivity contribution in [2.75, 3.05) is 20.2 Å². The molecular weight excluding hydrogens is 465 g/mol. The van der Waals surface area contributed by atoms with Crippen LogP contribution in [0.15, 0.2) is 78.9 Å². The Balaban J connectivity index is 1.45. The number of ether oxygens (including phenoxy) is 1. The number of rotatable bonds is 7. The Kier molecular flexibility index (Phi) is 6.88. The van der Waals surface area contributed by atoms with Crippen LogP contribution in [0.25, 0.3) is 5.57 Å². The van der Waals surface area contributed by atoms with Crippen molar-refractivity contribution in [3.8, 4) is 5.75 Å². The third kappa shape index (κ3) is 5.26. The van der Waals surface area contributed by atoms with Crippen LogP contribution in [0.1, 0.15) is 35.0 Å². The van der Waals surface area contributed by atoms with Gasteiger partial charge in [-0.2, -0.15) is 0 Å². The number of hydrogen-bond donors (Lipinski definition) is 0. The van der Waals surface area contributed by atoms with E-state index in [1.807, 2.05) is 65.3 Å². The first-order chi connectivity index (χ1) is 17.1. The molecule has 0 fully saturated rings. The minimum absolute atomic E-state index is 0.147. The summed E-state index contributed by atoms with van der Waals surface area (Å²) in [4.78, 5) is 2.35. The second-order valence-corrected chi connectivity index (χ2v) is 8.91. The van der Waals surface area contributed by atoms with Gasteiger partial charge in [-0.15, -0.1) is 5.10 Å². The molecule has 1 aromatic heterocycles. The predicted molar refractivity (Wildman–Crippen MR) is 134 cm³/mol. The lowest BCUT2D eigenvalue weighted by atomic mass is 9.96. The maximum atomic E-state index is 13.4. The van der Waals surface area contributed by atoms with E-state index in [1.54, 1.807) is 7.11 Å². The van der Waals surface area contributed by atoms with E-state index in [2.05, 4.69) is 26.5 Å². The molecule has 0 saturated heterocycles. The third-order valence-corrected chi connectivity index (χ3v) is 6.55. The second-order valence-electron chi connectivity index (χ2n) is 8.48. The van der Waals surface area contributed by atoms with E-state index >= 15 is 0 Å². The molecule has 1 aliphatic heterocycles. The lowest BCUT2D eigenvalue weighted by Gasteiger charge is -2.33. The van der Waals surface area contributed by atoms with Gasteiger partial charge in [0.1, 0.15) is 11.6 Å². The van der Waals surface area contributed by atoms with Crippen LogP contribution < -0.4 is 4.74 Å². The van der Waals surface area contributed by atoms with Crippen molar-refractivity contribution in [2.45, 2.75) is 19.0 Å². The molecule has 5 rings (SSSR count). The number of aromatic nitrogens is 4. The molecule has 6 nitrogen and oxygen atoms in total. The van der Waals surface area contributed by atoms with Crippen molar-refractivity contribution < 1.29 is 9.13 Å². The second kappa shape index (κ2) is 10.4. The Morgan fingerprint density at radius 2 is 1.74 bits per heavy atom. The highest BCUT2D eigenvalue weighted by atomic mass is 35.5. The van der Waals surface area contributed by atoms with Gasteiger partial charge in [0, 0.05) is 18.1 Å². The Morgan fingerprint density at radius 3 is 2.40 bits per heavy atom. The number of nitrogens with zero attached hydrogens (tertiary/aromatic N) is 5. The van der Waals surface area contributed by atoms with Crippen LogP contribution in [0.5, 0.6) is 5.75 Å². The lowest BCUT2D eigenvalue weighted by Crippen LogP contribution is -2.35. The molecule has 0 aliphatic carbocycles. The van der Waals surface area contributed by atoms with E-state index in [0.717, 1.165) is 47.8 Å². The van der Waals surface area contributed by atoms with Crippen LogP contribution in [0.2, 0.25) is 5.02 Å². The average molecular weight is 490 g/mol. The highest BCUT2D eigenvalue weighted by Gasteiger charge is 2.29. The van der Waals surface area contributed by atoms with E-state index in [9.17, 15) is 4.39 Å². The molecule has 0 amide bonds. The van der Waals surface area contributed by atoms with Gasteiger partial charge in [0.15, 0.2) is 5.82 Å². The molecule has 3 aromatic carbocycles. The Hall–Kier alpha value is -3.55. The smallest absolute Gasteiger partial charge is 0.173 e. The van der Waals surface area contributed by atoms with Crippen LogP contribution in [0, 0.1) is 5.82 Å². The lowest BCUT2D eigenvalue weighted by molar-refractivity contribution is 0.235. The normalized spacial score (nSPS) is 15.0. The molecule has 0 spiro atoms. The first kappa shape index (κ1) is 23.2. The van der Waals surface area contributed by atoms with E-state index < -0.39 is 0 Å². The number of halogens is 2. The van der Waals surface area contributed by atoms with E-state index in [0.29, 0.717) is 11.6 Å². The zero-order valence-electron chi connectivity index (χ0n) is 19.3. The van der Waals surface area contributed by atoms with Gasteiger partial charge in [0.05, 0.1) is 19.7 Å². The van der Waals surface area contributed by atoms with Crippen molar-refractivity contribution in [1.82, 2.24) is 25.1 Å². The fourth-order valence-corrected chi connectivity index (χ4v) is 4.56. The summed E-state index contributed by atoms with van der Waals surface area (Å²) in [5.41, 5.74) is 4.41. The fraction of sp³-hybridized carbons (Fsp3) is 0.222. The van der Waals surface area contributed by atoms with Crippen molar-refractivity contribution in [2.24, 2.45) is 0 Å². The molecule has 0 radical (unpaired) electrons. The summed E-state index contributed by atoms with van der Waals surface area (Å²) < 4.78 is 20.5. The van der Waals surface area contributed by atoms with Crippen molar-refractivity contribution in [1.29, 1.82) is 0 Å². The number of tetrazole rings is 1. The van der Waals surface area contributed by atoms with E-state index in [1.165, 1.54) is 17.7 Å². The van der Waals surface area contributed by atoms with Gasteiger partial charge in [0.2, 0.25) is 0 Å². The highest BCUT2D eigenvalue weighted by molar-refractivity contribution is 6.30. The van der Waals surface area contributed by atoms with Gasteiger partial charge in [-0.3, -0.25) is 4.90 Å². The molecule has 8 heteroatoms. The number of benzene rings is 3. The zero-order valence-corrected chi connectivity index (χ0v) is 20.1. The van der Waals surface area contributed by atoms with Gasteiger partial charge in [-0.05, 0) is 75.5 Å². The Labute approximate surface area is 208 Å². The fourth-order valence-electron chi connectivity index (χ4n) is 4.44. The van der Waals surface area contributed by atoms with Gasteiger partial charge < -0.3 is 4.74 Å². The molecule has 178 valence electrons. The summed E-state index contributed by atoms with van der Waals surface area (Å²) in [6.07, 6.45) is 3.05. The largest absolute Gasteiger partial charge is 0.497 e. The van der Waals surface area contributed by atoms with Crippen LogP contribution in [0.3, 0.4) is 0 Å². The summed E-state index contributed by atoms with van der Waals surface area (Å²) >= 11 is 6.18. The number of hydrogen-bond acceptors (Lipinski definition) is 5. The summed E-state index contributed by atoms with van der Waals surface area (Å²) in [7, 11) is 1.65. The SMILES string of the molecule is COc1ccc(Cn2nnnc2C(c2ccc(Cl)cc2)N2CC=C(c3ccc(F)cc3)CC2)cc1. The topological polar surface area (TPSA) is 56.1 Å². The molecule has 0 saturated carbocycles. The third-order valence-electron chi connectivity index (χ3n) is 6.30. The molecule has 0 N–H and O–H groups in total. The maximum Gasteiger partial charge on any atom is 0.173 e. The van der Waals surface area contributed by atoms with Gasteiger partial charge in [-0.25, -0.2) is 9.07 Å². The minimum atomic E-state index is -0.224. The predicted octanol–water partition coefficient (Wildman–Crippen LogP) is 5.40. The quantitative estimate of drug-likeness (QED) is 0.348. The maximum absolute atomic E-state index is 13.4. The van der Waals surface area contributed by atoms with E-state index in [-0.39, 0.29) is 11.9 Å². The highest BCUT2D eigenvalue weighted by Crippen LogP contribution is 2.32. The Bertz CT molecular complexity index is 1300. The number of methoxy groups -OCH3 is 1.